The fourth-order valence-electron chi connectivity index (χ4n) is 3.41. The summed E-state index contributed by atoms with van der Waals surface area (Å²) in [6.07, 6.45) is 0.0570. The predicted octanol–water partition coefficient (Wildman–Crippen LogP) is 4.01. The van der Waals surface area contributed by atoms with E-state index >= 15 is 0 Å². The van der Waals surface area contributed by atoms with Crippen LogP contribution in [0.2, 0.25) is 10.0 Å². The van der Waals surface area contributed by atoms with E-state index in [4.69, 9.17) is 23.2 Å². The smallest absolute Gasteiger partial charge is 0.224 e. The lowest BCUT2D eigenvalue weighted by Crippen LogP contribution is -2.25. The van der Waals surface area contributed by atoms with Crippen molar-refractivity contribution in [1.82, 2.24) is 0 Å². The van der Waals surface area contributed by atoms with Gasteiger partial charge >= 0.3 is 0 Å². The van der Waals surface area contributed by atoms with Gasteiger partial charge in [0.25, 0.3) is 0 Å². The van der Waals surface area contributed by atoms with E-state index in [9.17, 15) is 18.0 Å². The molecular formula is C20H20Cl2N2O4S. The van der Waals surface area contributed by atoms with E-state index in [1.807, 2.05) is 0 Å². The normalized spacial score (nSPS) is 20.2. The van der Waals surface area contributed by atoms with Gasteiger partial charge in [-0.3, -0.25) is 9.59 Å². The van der Waals surface area contributed by atoms with Gasteiger partial charge in [0.1, 0.15) is 0 Å². The molecule has 1 aliphatic heterocycles. The molecule has 1 heterocycles. The van der Waals surface area contributed by atoms with Crippen LogP contribution in [0.15, 0.2) is 48.5 Å². The van der Waals surface area contributed by atoms with Gasteiger partial charge in [-0.25, -0.2) is 8.42 Å². The maximum Gasteiger partial charge on any atom is 0.224 e. The number of anilines is 2. The van der Waals surface area contributed by atoms with Crippen LogP contribution >= 0.6 is 23.2 Å². The summed E-state index contributed by atoms with van der Waals surface area (Å²) in [5.74, 6) is -1.61. The number of sulfone groups is 1. The second-order valence-electron chi connectivity index (χ2n) is 7.12. The van der Waals surface area contributed by atoms with Crippen molar-refractivity contribution < 1.29 is 18.0 Å². The summed E-state index contributed by atoms with van der Waals surface area (Å²) in [5, 5.41) is 6.58. The molecule has 0 saturated carbocycles. The highest BCUT2D eigenvalue weighted by atomic mass is 35.5. The molecule has 29 heavy (non-hydrogen) atoms. The van der Waals surface area contributed by atoms with E-state index < -0.39 is 21.7 Å². The van der Waals surface area contributed by atoms with Crippen LogP contribution in [0.1, 0.15) is 12.8 Å². The van der Waals surface area contributed by atoms with Crippen LogP contribution in [0.5, 0.6) is 0 Å². The van der Waals surface area contributed by atoms with Gasteiger partial charge in [-0.15, -0.1) is 0 Å². The number of rotatable bonds is 6. The zero-order valence-corrected chi connectivity index (χ0v) is 17.7. The number of halogens is 2. The van der Waals surface area contributed by atoms with Crippen molar-refractivity contribution in [1.29, 1.82) is 0 Å². The first-order valence-electron chi connectivity index (χ1n) is 9.01. The predicted molar refractivity (Wildman–Crippen MR) is 115 cm³/mol. The van der Waals surface area contributed by atoms with Gasteiger partial charge in [0.05, 0.1) is 11.5 Å². The fraction of sp³-hybridized carbons (Fsp3) is 0.300. The van der Waals surface area contributed by atoms with Gasteiger partial charge in [-0.05, 0) is 60.4 Å². The van der Waals surface area contributed by atoms with E-state index in [2.05, 4.69) is 10.6 Å². The van der Waals surface area contributed by atoms with Crippen molar-refractivity contribution in [3.05, 3.63) is 58.6 Å². The first kappa shape index (κ1) is 21.6. The molecule has 1 aliphatic rings. The fourth-order valence-corrected chi connectivity index (χ4v) is 5.88. The summed E-state index contributed by atoms with van der Waals surface area (Å²) in [6, 6.07) is 13.3. The summed E-state index contributed by atoms with van der Waals surface area (Å²) in [7, 11) is -3.29. The lowest BCUT2D eigenvalue weighted by Gasteiger charge is -2.17. The third-order valence-electron chi connectivity index (χ3n) is 4.75. The summed E-state index contributed by atoms with van der Waals surface area (Å²) in [5.41, 5.74) is 1.16. The minimum atomic E-state index is -3.29. The Labute approximate surface area is 179 Å². The maximum atomic E-state index is 12.4. The minimum absolute atomic E-state index is 0.0285. The molecule has 2 amide bonds. The molecular weight excluding hydrogens is 435 g/mol. The Morgan fingerprint density at radius 3 is 1.45 bits per heavy atom. The molecule has 6 nitrogen and oxygen atoms in total. The van der Waals surface area contributed by atoms with Crippen LogP contribution < -0.4 is 10.6 Å². The van der Waals surface area contributed by atoms with Gasteiger partial charge in [0.2, 0.25) is 11.8 Å². The number of carbonyl (C=O) groups excluding carboxylic acids is 2. The van der Waals surface area contributed by atoms with Crippen LogP contribution in [0.4, 0.5) is 11.4 Å². The van der Waals surface area contributed by atoms with Crippen LogP contribution in [0.25, 0.3) is 0 Å². The number of benzene rings is 2. The molecule has 0 aromatic heterocycles. The SMILES string of the molecule is O=C(CC1CS(=O)(=O)CC1CC(=O)Nc1ccc(Cl)cc1)Nc1ccc(Cl)cc1. The molecule has 9 heteroatoms. The van der Waals surface area contributed by atoms with Gasteiger partial charge in [-0.2, -0.15) is 0 Å². The molecule has 3 rings (SSSR count). The Hall–Kier alpha value is -2.09. The van der Waals surface area contributed by atoms with Gasteiger partial charge < -0.3 is 10.6 Å². The second-order valence-corrected chi connectivity index (χ2v) is 10.1. The summed E-state index contributed by atoms with van der Waals surface area (Å²) in [6.45, 7) is 0. The molecule has 1 fully saturated rings. The van der Waals surface area contributed by atoms with E-state index in [0.717, 1.165) is 0 Å². The summed E-state index contributed by atoms with van der Waals surface area (Å²) >= 11 is 11.7. The van der Waals surface area contributed by atoms with Crippen molar-refractivity contribution in [2.24, 2.45) is 11.8 Å². The highest BCUT2D eigenvalue weighted by Gasteiger charge is 2.39. The van der Waals surface area contributed by atoms with E-state index in [-0.39, 0.29) is 36.2 Å². The quantitative estimate of drug-likeness (QED) is 0.689. The Balaban J connectivity index is 1.60. The van der Waals surface area contributed by atoms with Gasteiger partial charge in [0, 0.05) is 34.3 Å². The standard InChI is InChI=1S/C20H20Cl2N2O4S/c21-15-1-5-17(6-2-15)23-19(25)9-13-11-29(27,28)12-14(13)10-20(26)24-18-7-3-16(22)4-8-18/h1-8,13-14H,9-12H2,(H,23,25)(H,24,26). The van der Waals surface area contributed by atoms with Gasteiger partial charge in [-0.1, -0.05) is 23.2 Å². The highest BCUT2D eigenvalue weighted by Crippen LogP contribution is 2.31. The molecule has 0 radical (unpaired) electrons. The van der Waals surface area contributed by atoms with Crippen molar-refractivity contribution >= 4 is 56.2 Å². The molecule has 0 bridgehead atoms. The third-order valence-corrected chi connectivity index (χ3v) is 7.13. The van der Waals surface area contributed by atoms with Crippen LogP contribution in [0, 0.1) is 11.8 Å². The van der Waals surface area contributed by atoms with Crippen molar-refractivity contribution in [3.63, 3.8) is 0 Å². The van der Waals surface area contributed by atoms with E-state index in [0.29, 0.717) is 21.4 Å². The minimum Gasteiger partial charge on any atom is -0.326 e. The summed E-state index contributed by atoms with van der Waals surface area (Å²) < 4.78 is 24.2. The first-order valence-corrected chi connectivity index (χ1v) is 11.6. The Morgan fingerprint density at radius 1 is 0.759 bits per heavy atom. The lowest BCUT2D eigenvalue weighted by molar-refractivity contribution is -0.119. The van der Waals surface area contributed by atoms with Crippen LogP contribution in [-0.2, 0) is 19.4 Å². The number of carbonyl (C=O) groups is 2. The zero-order valence-electron chi connectivity index (χ0n) is 15.4. The Kier molecular flexibility index (Phi) is 6.82. The van der Waals surface area contributed by atoms with Crippen LogP contribution in [0.3, 0.4) is 0 Å². The molecule has 154 valence electrons. The molecule has 2 N–H and O–H groups in total. The monoisotopic (exact) mass is 454 g/mol. The average molecular weight is 455 g/mol. The first-order chi connectivity index (χ1) is 13.7. The highest BCUT2D eigenvalue weighted by molar-refractivity contribution is 7.91. The van der Waals surface area contributed by atoms with E-state index in [1.54, 1.807) is 48.5 Å². The molecule has 2 aromatic carbocycles. The van der Waals surface area contributed by atoms with Gasteiger partial charge in [0.15, 0.2) is 9.84 Å². The van der Waals surface area contributed by atoms with Crippen molar-refractivity contribution in [2.45, 2.75) is 12.8 Å². The maximum absolute atomic E-state index is 12.4. The Bertz CT molecular complexity index is 917. The number of hydrogen-bond acceptors (Lipinski definition) is 4. The average Bonchev–Trinajstić information content (AvgIpc) is 2.91. The lowest BCUT2D eigenvalue weighted by atomic mass is 9.89. The third kappa shape index (κ3) is 6.45. The second kappa shape index (κ2) is 9.15. The molecule has 1 saturated heterocycles. The molecule has 0 aliphatic carbocycles. The molecule has 2 aromatic rings. The van der Waals surface area contributed by atoms with Crippen LogP contribution in [-0.4, -0.2) is 31.7 Å². The largest absolute Gasteiger partial charge is 0.326 e. The topological polar surface area (TPSA) is 92.3 Å². The van der Waals surface area contributed by atoms with Crippen molar-refractivity contribution in [3.8, 4) is 0 Å². The molecule has 2 atom stereocenters. The van der Waals surface area contributed by atoms with Crippen molar-refractivity contribution in [2.75, 3.05) is 22.1 Å². The number of nitrogens with one attached hydrogen (secondary N) is 2. The molecule has 2 unspecified atom stereocenters. The Morgan fingerprint density at radius 2 is 1.10 bits per heavy atom. The summed E-state index contributed by atoms with van der Waals surface area (Å²) in [4.78, 5) is 24.7. The van der Waals surface area contributed by atoms with E-state index in [1.165, 1.54) is 0 Å². The zero-order chi connectivity index (χ0) is 21.0. The number of hydrogen-bond donors (Lipinski definition) is 2. The number of amides is 2. The molecule has 0 spiro atoms.